The fraction of sp³-hybridized carbons (Fsp3) is 0.647. The fourth-order valence-electron chi connectivity index (χ4n) is 3.23. The molecule has 2 N–H and O–H groups in total. The van der Waals surface area contributed by atoms with Gasteiger partial charge in [0.2, 0.25) is 0 Å². The van der Waals surface area contributed by atoms with Crippen LogP contribution in [-0.4, -0.2) is 41.7 Å². The van der Waals surface area contributed by atoms with Crippen LogP contribution < -0.4 is 5.32 Å². The third kappa shape index (κ3) is 4.22. The van der Waals surface area contributed by atoms with Gasteiger partial charge in [-0.25, -0.2) is 0 Å². The standard InChI is InChI=1S/C17H28N2O/c1-3-11-19(16-5-4-10-18-13-16)14(2)12-15-6-8-17(20)9-7-15/h6-9,14,16,18,20H,3-5,10-13H2,1-2H3. The first-order chi connectivity index (χ1) is 9.70. The summed E-state index contributed by atoms with van der Waals surface area (Å²) in [5.74, 6) is 0.350. The van der Waals surface area contributed by atoms with Gasteiger partial charge in [0.15, 0.2) is 0 Å². The number of hydrogen-bond donors (Lipinski definition) is 2. The molecule has 0 spiro atoms. The highest BCUT2D eigenvalue weighted by molar-refractivity contribution is 5.26. The SMILES string of the molecule is CCCN(C(C)Cc1ccc(O)cc1)C1CCCNC1. The Morgan fingerprint density at radius 2 is 2.10 bits per heavy atom. The van der Waals surface area contributed by atoms with Crippen LogP contribution in [0.1, 0.15) is 38.7 Å². The average Bonchev–Trinajstić information content (AvgIpc) is 2.48. The third-order valence-electron chi connectivity index (χ3n) is 4.26. The zero-order valence-electron chi connectivity index (χ0n) is 12.8. The van der Waals surface area contributed by atoms with E-state index < -0.39 is 0 Å². The van der Waals surface area contributed by atoms with Crippen LogP contribution in [0.3, 0.4) is 0 Å². The minimum Gasteiger partial charge on any atom is -0.508 e. The van der Waals surface area contributed by atoms with Gasteiger partial charge in [-0.05, 0) is 63.4 Å². The van der Waals surface area contributed by atoms with Gasteiger partial charge < -0.3 is 10.4 Å². The number of nitrogens with zero attached hydrogens (tertiary/aromatic N) is 1. The van der Waals surface area contributed by atoms with E-state index in [1.54, 1.807) is 12.1 Å². The first-order valence-electron chi connectivity index (χ1n) is 7.95. The monoisotopic (exact) mass is 276 g/mol. The van der Waals surface area contributed by atoms with Crippen LogP contribution in [0.5, 0.6) is 5.75 Å². The molecule has 112 valence electrons. The molecule has 1 heterocycles. The van der Waals surface area contributed by atoms with Crippen molar-refractivity contribution in [3.05, 3.63) is 29.8 Å². The van der Waals surface area contributed by atoms with Crippen molar-refractivity contribution in [2.24, 2.45) is 0 Å². The van der Waals surface area contributed by atoms with Gasteiger partial charge in [-0.2, -0.15) is 0 Å². The predicted octanol–water partition coefficient (Wildman–Crippen LogP) is 2.79. The summed E-state index contributed by atoms with van der Waals surface area (Å²) < 4.78 is 0. The Kier molecular flexibility index (Phi) is 5.86. The molecule has 0 radical (unpaired) electrons. The van der Waals surface area contributed by atoms with E-state index in [0.29, 0.717) is 17.8 Å². The van der Waals surface area contributed by atoms with Gasteiger partial charge in [0.1, 0.15) is 5.75 Å². The summed E-state index contributed by atoms with van der Waals surface area (Å²) in [5, 5.41) is 12.9. The average molecular weight is 276 g/mol. The number of phenols is 1. The van der Waals surface area contributed by atoms with Crippen LogP contribution in [0.2, 0.25) is 0 Å². The van der Waals surface area contributed by atoms with Crippen molar-refractivity contribution in [1.82, 2.24) is 10.2 Å². The maximum Gasteiger partial charge on any atom is 0.115 e. The smallest absolute Gasteiger partial charge is 0.115 e. The second-order valence-corrected chi connectivity index (χ2v) is 5.96. The lowest BCUT2D eigenvalue weighted by molar-refractivity contribution is 0.120. The lowest BCUT2D eigenvalue weighted by Crippen LogP contribution is -2.50. The molecule has 3 nitrogen and oxygen atoms in total. The van der Waals surface area contributed by atoms with Gasteiger partial charge in [-0.15, -0.1) is 0 Å². The number of rotatable bonds is 6. The maximum atomic E-state index is 9.37. The van der Waals surface area contributed by atoms with Crippen molar-refractivity contribution < 1.29 is 5.11 Å². The lowest BCUT2D eigenvalue weighted by Gasteiger charge is -2.39. The second-order valence-electron chi connectivity index (χ2n) is 5.96. The molecular formula is C17H28N2O. The minimum atomic E-state index is 0.350. The largest absolute Gasteiger partial charge is 0.508 e. The number of hydrogen-bond acceptors (Lipinski definition) is 3. The number of piperidine rings is 1. The van der Waals surface area contributed by atoms with Gasteiger partial charge in [-0.1, -0.05) is 19.1 Å². The topological polar surface area (TPSA) is 35.5 Å². The maximum absolute atomic E-state index is 9.37. The molecule has 0 amide bonds. The highest BCUT2D eigenvalue weighted by Gasteiger charge is 2.24. The first-order valence-corrected chi connectivity index (χ1v) is 7.95. The molecule has 1 aromatic rings. The van der Waals surface area contributed by atoms with Gasteiger partial charge in [0.25, 0.3) is 0 Å². The Morgan fingerprint density at radius 3 is 2.70 bits per heavy atom. The molecule has 2 unspecified atom stereocenters. The molecule has 1 saturated heterocycles. The zero-order valence-corrected chi connectivity index (χ0v) is 12.8. The predicted molar refractivity (Wildman–Crippen MR) is 84.2 cm³/mol. The van der Waals surface area contributed by atoms with E-state index in [2.05, 4.69) is 24.1 Å². The number of aromatic hydroxyl groups is 1. The van der Waals surface area contributed by atoms with Crippen molar-refractivity contribution in [1.29, 1.82) is 0 Å². The first kappa shape index (κ1) is 15.3. The Hall–Kier alpha value is -1.06. The Balaban J connectivity index is 1.98. The normalized spacial score (nSPS) is 21.1. The van der Waals surface area contributed by atoms with Crippen LogP contribution in [-0.2, 0) is 6.42 Å². The van der Waals surface area contributed by atoms with Crippen molar-refractivity contribution in [3.63, 3.8) is 0 Å². The quantitative estimate of drug-likeness (QED) is 0.838. The molecule has 1 fully saturated rings. The van der Waals surface area contributed by atoms with E-state index in [1.165, 1.54) is 37.9 Å². The Bertz CT molecular complexity index is 384. The summed E-state index contributed by atoms with van der Waals surface area (Å²) in [6.07, 6.45) is 4.86. The van der Waals surface area contributed by atoms with E-state index in [-0.39, 0.29) is 0 Å². The molecule has 3 heteroatoms. The molecule has 2 rings (SSSR count). The van der Waals surface area contributed by atoms with Crippen molar-refractivity contribution >= 4 is 0 Å². The van der Waals surface area contributed by atoms with E-state index in [1.807, 2.05) is 12.1 Å². The van der Waals surface area contributed by atoms with Gasteiger partial charge in [-0.3, -0.25) is 4.90 Å². The number of phenolic OH excluding ortho intramolecular Hbond substituents is 1. The summed E-state index contributed by atoms with van der Waals surface area (Å²) in [7, 11) is 0. The molecule has 0 aliphatic carbocycles. The Labute approximate surface area is 123 Å². The van der Waals surface area contributed by atoms with E-state index in [9.17, 15) is 5.11 Å². The van der Waals surface area contributed by atoms with Crippen molar-refractivity contribution in [2.75, 3.05) is 19.6 Å². The molecule has 0 bridgehead atoms. The zero-order chi connectivity index (χ0) is 14.4. The van der Waals surface area contributed by atoms with Crippen molar-refractivity contribution in [2.45, 2.75) is 51.6 Å². The summed E-state index contributed by atoms with van der Waals surface area (Å²) in [6, 6.07) is 8.87. The molecule has 20 heavy (non-hydrogen) atoms. The van der Waals surface area contributed by atoms with Crippen LogP contribution in [0.25, 0.3) is 0 Å². The second kappa shape index (κ2) is 7.65. The summed E-state index contributed by atoms with van der Waals surface area (Å²) in [6.45, 7) is 8.06. The van der Waals surface area contributed by atoms with Crippen LogP contribution in [0.15, 0.2) is 24.3 Å². The molecule has 1 aliphatic heterocycles. The van der Waals surface area contributed by atoms with Crippen LogP contribution in [0, 0.1) is 0 Å². The van der Waals surface area contributed by atoms with E-state index in [4.69, 9.17) is 0 Å². The molecule has 0 saturated carbocycles. The molecular weight excluding hydrogens is 248 g/mol. The minimum absolute atomic E-state index is 0.350. The summed E-state index contributed by atoms with van der Waals surface area (Å²) in [4.78, 5) is 2.67. The van der Waals surface area contributed by atoms with Gasteiger partial charge in [0.05, 0.1) is 0 Å². The van der Waals surface area contributed by atoms with Crippen molar-refractivity contribution in [3.8, 4) is 5.75 Å². The van der Waals surface area contributed by atoms with Gasteiger partial charge in [0, 0.05) is 18.6 Å². The summed E-state index contributed by atoms with van der Waals surface area (Å²) in [5.41, 5.74) is 1.31. The lowest BCUT2D eigenvalue weighted by atomic mass is 10.00. The third-order valence-corrected chi connectivity index (χ3v) is 4.26. The van der Waals surface area contributed by atoms with Gasteiger partial charge >= 0.3 is 0 Å². The molecule has 0 aromatic heterocycles. The van der Waals surface area contributed by atoms with E-state index >= 15 is 0 Å². The molecule has 1 aliphatic rings. The molecule has 2 atom stereocenters. The number of benzene rings is 1. The van der Waals surface area contributed by atoms with E-state index in [0.717, 1.165) is 13.0 Å². The van der Waals surface area contributed by atoms with Crippen LogP contribution >= 0.6 is 0 Å². The highest BCUT2D eigenvalue weighted by atomic mass is 16.3. The summed E-state index contributed by atoms with van der Waals surface area (Å²) >= 11 is 0. The molecule has 1 aromatic carbocycles. The highest BCUT2D eigenvalue weighted by Crippen LogP contribution is 2.18. The van der Waals surface area contributed by atoms with Crippen LogP contribution in [0.4, 0.5) is 0 Å². The fourth-order valence-corrected chi connectivity index (χ4v) is 3.23. The number of nitrogens with one attached hydrogen (secondary N) is 1. The Morgan fingerprint density at radius 1 is 1.35 bits per heavy atom.